The second-order valence-electron chi connectivity index (χ2n) is 8.91. The molecular formula is C27H28N6OS2. The van der Waals surface area contributed by atoms with E-state index in [0.29, 0.717) is 18.1 Å². The van der Waals surface area contributed by atoms with Crippen LogP contribution in [0.1, 0.15) is 46.7 Å². The standard InChI is InChI=1S/C27H28N6OS2/c1-17-8-4-5-9-21(17)30-23(34)11-14-32-25(24(31-26(32)35)22-10-6-7-12-28-22)20-16-18(2)33(19(20)3)27-29-13-15-36-27/h4-10,12-13,15-16,24-25H,11,14H2,1-3H3,(H,30,34)(H,31,35)/t24-,25-/m0/s1. The minimum Gasteiger partial charge on any atom is -0.352 e. The monoisotopic (exact) mass is 516 g/mol. The van der Waals surface area contributed by atoms with Gasteiger partial charge in [-0.15, -0.1) is 11.3 Å². The van der Waals surface area contributed by atoms with Crippen LogP contribution in [0.25, 0.3) is 5.13 Å². The average molecular weight is 517 g/mol. The van der Waals surface area contributed by atoms with Crippen molar-refractivity contribution in [3.8, 4) is 5.13 Å². The summed E-state index contributed by atoms with van der Waals surface area (Å²) in [7, 11) is 0. The number of para-hydroxylation sites is 1. The fraction of sp³-hybridized carbons (Fsp3) is 0.259. The van der Waals surface area contributed by atoms with Crippen molar-refractivity contribution >= 4 is 40.3 Å². The number of pyridine rings is 1. The first kappa shape index (κ1) is 24.1. The van der Waals surface area contributed by atoms with E-state index in [1.165, 1.54) is 0 Å². The topological polar surface area (TPSA) is 75.1 Å². The number of nitrogens with one attached hydrogen (secondary N) is 2. The molecule has 4 aromatic rings. The molecule has 2 N–H and O–H groups in total. The number of hydrogen-bond donors (Lipinski definition) is 2. The number of benzene rings is 1. The maximum Gasteiger partial charge on any atom is 0.226 e. The molecule has 1 saturated heterocycles. The molecule has 184 valence electrons. The molecule has 4 heterocycles. The molecule has 7 nitrogen and oxygen atoms in total. The molecule has 1 aliphatic heterocycles. The van der Waals surface area contributed by atoms with Crippen molar-refractivity contribution in [1.29, 1.82) is 0 Å². The van der Waals surface area contributed by atoms with Gasteiger partial charge in [-0.05, 0) is 68.4 Å². The Morgan fingerprint density at radius 1 is 1.11 bits per heavy atom. The van der Waals surface area contributed by atoms with E-state index in [0.717, 1.165) is 39.0 Å². The third kappa shape index (κ3) is 4.64. The van der Waals surface area contributed by atoms with Gasteiger partial charge in [0.25, 0.3) is 0 Å². The molecule has 0 bridgehead atoms. The Kier molecular flexibility index (Phi) is 6.84. The number of thiocarbonyl (C=S) groups is 1. The number of amides is 1. The van der Waals surface area contributed by atoms with Crippen LogP contribution in [0.2, 0.25) is 0 Å². The van der Waals surface area contributed by atoms with E-state index in [1.807, 2.05) is 61.0 Å². The van der Waals surface area contributed by atoms with Gasteiger partial charge in [-0.25, -0.2) is 4.98 Å². The highest BCUT2D eigenvalue weighted by Crippen LogP contribution is 2.41. The van der Waals surface area contributed by atoms with Gasteiger partial charge in [0.15, 0.2) is 10.2 Å². The van der Waals surface area contributed by atoms with Crippen LogP contribution in [-0.4, -0.2) is 37.0 Å². The van der Waals surface area contributed by atoms with Crippen LogP contribution in [0, 0.1) is 20.8 Å². The smallest absolute Gasteiger partial charge is 0.226 e. The largest absolute Gasteiger partial charge is 0.352 e. The van der Waals surface area contributed by atoms with E-state index in [-0.39, 0.29) is 18.0 Å². The molecule has 0 unspecified atom stereocenters. The van der Waals surface area contributed by atoms with Crippen LogP contribution in [0.5, 0.6) is 0 Å². The third-order valence-electron chi connectivity index (χ3n) is 6.60. The minimum absolute atomic E-state index is 0.0413. The Labute approximate surface area is 220 Å². The molecular weight excluding hydrogens is 488 g/mol. The highest BCUT2D eigenvalue weighted by atomic mass is 32.1. The summed E-state index contributed by atoms with van der Waals surface area (Å²) in [5.74, 6) is -0.0413. The van der Waals surface area contributed by atoms with Gasteiger partial charge in [0.2, 0.25) is 5.91 Å². The molecule has 1 fully saturated rings. The van der Waals surface area contributed by atoms with Gasteiger partial charge in [-0.2, -0.15) is 0 Å². The summed E-state index contributed by atoms with van der Waals surface area (Å²) in [5.41, 5.74) is 6.13. The summed E-state index contributed by atoms with van der Waals surface area (Å²) in [6.07, 6.45) is 3.93. The van der Waals surface area contributed by atoms with Crippen LogP contribution in [0.3, 0.4) is 0 Å². The van der Waals surface area contributed by atoms with E-state index in [2.05, 4.69) is 50.0 Å². The number of aryl methyl sites for hydroxylation is 2. The van der Waals surface area contributed by atoms with Gasteiger partial charge < -0.3 is 15.5 Å². The lowest BCUT2D eigenvalue weighted by molar-refractivity contribution is -0.116. The zero-order chi connectivity index (χ0) is 25.2. The fourth-order valence-electron chi connectivity index (χ4n) is 4.84. The van der Waals surface area contributed by atoms with Gasteiger partial charge in [0.05, 0.1) is 17.8 Å². The molecule has 2 atom stereocenters. The van der Waals surface area contributed by atoms with E-state index in [1.54, 1.807) is 17.5 Å². The van der Waals surface area contributed by atoms with Crippen molar-refractivity contribution in [3.63, 3.8) is 0 Å². The molecule has 0 spiro atoms. The van der Waals surface area contributed by atoms with Crippen LogP contribution in [-0.2, 0) is 4.79 Å². The van der Waals surface area contributed by atoms with E-state index in [4.69, 9.17) is 12.2 Å². The SMILES string of the molecule is Cc1ccccc1NC(=O)CCN1C(=S)N[C@@H](c2ccccn2)[C@@H]1c1cc(C)n(-c2nccs2)c1C. The highest BCUT2D eigenvalue weighted by Gasteiger charge is 2.41. The lowest BCUT2D eigenvalue weighted by atomic mass is 9.96. The van der Waals surface area contributed by atoms with Gasteiger partial charge in [-0.3, -0.25) is 14.3 Å². The van der Waals surface area contributed by atoms with E-state index < -0.39 is 0 Å². The Bertz CT molecular complexity index is 1380. The second kappa shape index (κ2) is 10.2. The summed E-state index contributed by atoms with van der Waals surface area (Å²) in [6.45, 7) is 6.68. The lowest BCUT2D eigenvalue weighted by Crippen LogP contribution is -2.33. The summed E-state index contributed by atoms with van der Waals surface area (Å²) in [6, 6.07) is 15.7. The summed E-state index contributed by atoms with van der Waals surface area (Å²) >= 11 is 7.40. The molecule has 0 radical (unpaired) electrons. The first-order valence-electron chi connectivity index (χ1n) is 11.9. The summed E-state index contributed by atoms with van der Waals surface area (Å²) in [4.78, 5) is 24.2. The maximum absolute atomic E-state index is 12.9. The number of rotatable bonds is 7. The molecule has 36 heavy (non-hydrogen) atoms. The Hall–Kier alpha value is -3.56. The van der Waals surface area contributed by atoms with Crippen molar-refractivity contribution in [2.45, 2.75) is 39.3 Å². The van der Waals surface area contributed by atoms with Crippen molar-refractivity contribution in [2.24, 2.45) is 0 Å². The Morgan fingerprint density at radius 2 is 1.92 bits per heavy atom. The molecule has 9 heteroatoms. The molecule has 1 aromatic carbocycles. The molecule has 5 rings (SSSR count). The lowest BCUT2D eigenvalue weighted by Gasteiger charge is -2.28. The minimum atomic E-state index is -0.136. The van der Waals surface area contributed by atoms with Gasteiger partial charge in [-0.1, -0.05) is 24.3 Å². The number of nitrogens with zero attached hydrogens (tertiary/aromatic N) is 4. The highest BCUT2D eigenvalue weighted by molar-refractivity contribution is 7.80. The Morgan fingerprint density at radius 3 is 2.64 bits per heavy atom. The number of carbonyl (C=O) groups is 1. The van der Waals surface area contributed by atoms with Crippen LogP contribution < -0.4 is 10.6 Å². The fourth-order valence-corrected chi connectivity index (χ4v) is 5.92. The van der Waals surface area contributed by atoms with Crippen molar-refractivity contribution < 1.29 is 4.79 Å². The van der Waals surface area contributed by atoms with Crippen LogP contribution >= 0.6 is 23.6 Å². The van der Waals surface area contributed by atoms with E-state index >= 15 is 0 Å². The Balaban J connectivity index is 1.46. The summed E-state index contributed by atoms with van der Waals surface area (Å²) in [5, 5.41) is 10.1. The van der Waals surface area contributed by atoms with Crippen molar-refractivity contribution in [3.05, 3.63) is 94.5 Å². The number of carbonyl (C=O) groups excluding carboxylic acids is 1. The molecule has 1 amide bonds. The third-order valence-corrected chi connectivity index (χ3v) is 7.71. The van der Waals surface area contributed by atoms with Crippen molar-refractivity contribution in [1.82, 2.24) is 24.8 Å². The summed E-state index contributed by atoms with van der Waals surface area (Å²) < 4.78 is 2.18. The van der Waals surface area contributed by atoms with Crippen molar-refractivity contribution in [2.75, 3.05) is 11.9 Å². The molecule has 3 aromatic heterocycles. The zero-order valence-electron chi connectivity index (χ0n) is 20.4. The predicted molar refractivity (Wildman–Crippen MR) is 147 cm³/mol. The number of thiazole rings is 1. The first-order valence-corrected chi connectivity index (χ1v) is 13.1. The molecule has 1 aliphatic rings. The molecule has 0 aliphatic carbocycles. The molecule has 0 saturated carbocycles. The average Bonchev–Trinajstić information content (AvgIpc) is 3.58. The van der Waals surface area contributed by atoms with Gasteiger partial charge in [0.1, 0.15) is 0 Å². The van der Waals surface area contributed by atoms with E-state index in [9.17, 15) is 4.79 Å². The first-order chi connectivity index (χ1) is 17.4. The zero-order valence-corrected chi connectivity index (χ0v) is 22.1. The normalized spacial score (nSPS) is 17.3. The predicted octanol–water partition coefficient (Wildman–Crippen LogP) is 5.26. The van der Waals surface area contributed by atoms with Crippen LogP contribution in [0.4, 0.5) is 5.69 Å². The number of anilines is 1. The van der Waals surface area contributed by atoms with Crippen LogP contribution in [0.15, 0.2) is 66.3 Å². The van der Waals surface area contributed by atoms with Gasteiger partial charge >= 0.3 is 0 Å². The van der Waals surface area contributed by atoms with Gasteiger partial charge in [0, 0.05) is 47.8 Å². The number of hydrogen-bond acceptors (Lipinski definition) is 5. The quantitative estimate of drug-likeness (QED) is 0.327. The number of aromatic nitrogens is 3. The maximum atomic E-state index is 12.9. The second-order valence-corrected chi connectivity index (χ2v) is 10.2.